The third-order valence-corrected chi connectivity index (χ3v) is 6.26. The summed E-state index contributed by atoms with van der Waals surface area (Å²) in [4.78, 5) is 22.9. The summed E-state index contributed by atoms with van der Waals surface area (Å²) in [5.74, 6) is -4.18. The third kappa shape index (κ3) is 2.14. The maximum atomic E-state index is 12.9. The van der Waals surface area contributed by atoms with E-state index in [0.29, 0.717) is 0 Å². The number of carboxylic acids is 2. The Bertz CT molecular complexity index is 776. The zero-order valence-corrected chi connectivity index (χ0v) is 12.4. The molecule has 116 valence electrons. The second kappa shape index (κ2) is 5.42. The maximum Gasteiger partial charge on any atom is 0.331 e. The lowest BCUT2D eigenvalue weighted by molar-refractivity contribution is -0.140. The van der Waals surface area contributed by atoms with Crippen LogP contribution < -0.4 is 0 Å². The smallest absolute Gasteiger partial charge is 0.331 e. The second-order valence-corrected chi connectivity index (χ2v) is 7.08. The van der Waals surface area contributed by atoms with Gasteiger partial charge in [-0.15, -0.1) is 0 Å². The van der Waals surface area contributed by atoms with Gasteiger partial charge in [0.25, 0.3) is 0 Å². The average Bonchev–Trinajstić information content (AvgIpc) is 2.47. The summed E-state index contributed by atoms with van der Waals surface area (Å²) in [6, 6.07) is 7.15. The normalized spacial score (nSPS) is 24.6. The molecule has 2 atom stereocenters. The SMILES string of the molecule is CC1C(C(=O)O)=CC=CC1(C(=O)O)S(=O)(=O)c1ccccc1. The molecule has 1 aliphatic carbocycles. The topological polar surface area (TPSA) is 109 Å². The number of aliphatic carboxylic acids is 2. The molecule has 7 heteroatoms. The highest BCUT2D eigenvalue weighted by atomic mass is 32.2. The Morgan fingerprint density at radius 2 is 1.73 bits per heavy atom. The summed E-state index contributed by atoms with van der Waals surface area (Å²) in [5.41, 5.74) is -0.260. The maximum absolute atomic E-state index is 12.9. The number of hydrogen-bond donors (Lipinski definition) is 2. The summed E-state index contributed by atoms with van der Waals surface area (Å²) in [7, 11) is -4.33. The number of benzene rings is 1. The van der Waals surface area contributed by atoms with Crippen molar-refractivity contribution >= 4 is 21.8 Å². The molecule has 0 saturated carbocycles. The molecular weight excluding hydrogens is 308 g/mol. The van der Waals surface area contributed by atoms with Crippen LogP contribution in [0.2, 0.25) is 0 Å². The van der Waals surface area contributed by atoms with E-state index in [-0.39, 0.29) is 10.5 Å². The molecule has 22 heavy (non-hydrogen) atoms. The van der Waals surface area contributed by atoms with Crippen molar-refractivity contribution in [3.8, 4) is 0 Å². The van der Waals surface area contributed by atoms with Crippen molar-refractivity contribution in [2.75, 3.05) is 0 Å². The van der Waals surface area contributed by atoms with E-state index >= 15 is 0 Å². The molecule has 1 aromatic carbocycles. The number of carboxylic acid groups (broad SMARTS) is 2. The lowest BCUT2D eigenvalue weighted by atomic mass is 9.82. The monoisotopic (exact) mass is 322 g/mol. The van der Waals surface area contributed by atoms with Crippen molar-refractivity contribution in [2.24, 2.45) is 5.92 Å². The van der Waals surface area contributed by atoms with Gasteiger partial charge >= 0.3 is 11.9 Å². The third-order valence-electron chi connectivity index (χ3n) is 3.81. The first-order chi connectivity index (χ1) is 10.2. The Hall–Kier alpha value is -2.41. The van der Waals surface area contributed by atoms with Crippen LogP contribution in [-0.4, -0.2) is 35.3 Å². The molecule has 0 heterocycles. The van der Waals surface area contributed by atoms with Gasteiger partial charge in [0.05, 0.1) is 4.90 Å². The van der Waals surface area contributed by atoms with Gasteiger partial charge < -0.3 is 10.2 Å². The largest absolute Gasteiger partial charge is 0.480 e. The molecule has 0 saturated heterocycles. The molecule has 0 amide bonds. The van der Waals surface area contributed by atoms with Crippen LogP contribution in [0.1, 0.15) is 6.92 Å². The van der Waals surface area contributed by atoms with E-state index in [2.05, 4.69) is 0 Å². The van der Waals surface area contributed by atoms with Gasteiger partial charge in [0, 0.05) is 11.5 Å². The highest BCUT2D eigenvalue weighted by molar-refractivity contribution is 7.93. The van der Waals surface area contributed by atoms with Crippen molar-refractivity contribution in [3.05, 3.63) is 54.1 Å². The van der Waals surface area contributed by atoms with Crippen molar-refractivity contribution in [1.29, 1.82) is 0 Å². The molecule has 0 aromatic heterocycles. The van der Waals surface area contributed by atoms with Gasteiger partial charge in [-0.2, -0.15) is 0 Å². The van der Waals surface area contributed by atoms with Gasteiger partial charge in [-0.1, -0.05) is 43.4 Å². The molecule has 1 aromatic rings. The minimum absolute atomic E-state index is 0.166. The quantitative estimate of drug-likeness (QED) is 0.869. The highest BCUT2D eigenvalue weighted by Crippen LogP contribution is 2.40. The molecular formula is C15H14O6S. The van der Waals surface area contributed by atoms with Crippen LogP contribution in [-0.2, 0) is 19.4 Å². The van der Waals surface area contributed by atoms with Gasteiger partial charge in [-0.05, 0) is 12.1 Å². The zero-order valence-electron chi connectivity index (χ0n) is 11.6. The fourth-order valence-electron chi connectivity index (χ4n) is 2.56. The Morgan fingerprint density at radius 3 is 2.23 bits per heavy atom. The summed E-state index contributed by atoms with van der Waals surface area (Å²) in [6.45, 7) is 1.29. The first kappa shape index (κ1) is 16.0. The molecule has 0 bridgehead atoms. The van der Waals surface area contributed by atoms with E-state index in [1.807, 2.05) is 0 Å². The first-order valence-corrected chi connectivity index (χ1v) is 7.89. The Kier molecular flexibility index (Phi) is 3.93. The van der Waals surface area contributed by atoms with Crippen LogP contribution in [0.15, 0.2) is 59.0 Å². The molecule has 0 fully saturated rings. The van der Waals surface area contributed by atoms with Gasteiger partial charge in [0.1, 0.15) is 0 Å². The number of sulfone groups is 1. The van der Waals surface area contributed by atoms with Crippen molar-refractivity contribution in [1.82, 2.24) is 0 Å². The summed E-state index contributed by atoms with van der Waals surface area (Å²) >= 11 is 0. The van der Waals surface area contributed by atoms with Crippen molar-refractivity contribution in [3.63, 3.8) is 0 Å². The molecule has 1 aliphatic rings. The fraction of sp³-hybridized carbons (Fsp3) is 0.200. The minimum Gasteiger partial charge on any atom is -0.480 e. The first-order valence-electron chi connectivity index (χ1n) is 6.41. The fourth-order valence-corrected chi connectivity index (χ4v) is 4.54. The van der Waals surface area contributed by atoms with Crippen LogP contribution in [0.25, 0.3) is 0 Å². The van der Waals surface area contributed by atoms with Crippen LogP contribution in [0.4, 0.5) is 0 Å². The van der Waals surface area contributed by atoms with Crippen LogP contribution >= 0.6 is 0 Å². The number of allylic oxidation sites excluding steroid dienone is 2. The Labute approximate surface area is 127 Å². The van der Waals surface area contributed by atoms with E-state index in [9.17, 15) is 23.1 Å². The van der Waals surface area contributed by atoms with Gasteiger partial charge in [0.2, 0.25) is 0 Å². The van der Waals surface area contributed by atoms with Crippen LogP contribution in [0.3, 0.4) is 0 Å². The van der Waals surface area contributed by atoms with E-state index < -0.39 is 32.4 Å². The Balaban J connectivity index is 2.71. The molecule has 0 radical (unpaired) electrons. The van der Waals surface area contributed by atoms with Gasteiger partial charge in [-0.3, -0.25) is 4.79 Å². The molecule has 6 nitrogen and oxygen atoms in total. The van der Waals surface area contributed by atoms with E-state index in [1.165, 1.54) is 37.3 Å². The van der Waals surface area contributed by atoms with E-state index in [0.717, 1.165) is 12.2 Å². The molecule has 0 spiro atoms. The standard InChI is InChI=1S/C15H14O6S/c1-10-12(13(16)17)8-5-9-15(10,14(18)19)22(20,21)11-6-3-2-4-7-11/h2-10H,1H3,(H,16,17)(H,18,19). The molecule has 2 unspecified atom stereocenters. The van der Waals surface area contributed by atoms with E-state index in [4.69, 9.17) is 5.11 Å². The molecule has 0 aliphatic heterocycles. The number of carbonyl (C=O) groups is 2. The minimum atomic E-state index is -4.33. The van der Waals surface area contributed by atoms with Gasteiger partial charge in [0.15, 0.2) is 14.6 Å². The van der Waals surface area contributed by atoms with Crippen molar-refractivity contribution in [2.45, 2.75) is 16.6 Å². The molecule has 2 rings (SSSR count). The highest BCUT2D eigenvalue weighted by Gasteiger charge is 2.56. The number of rotatable bonds is 4. The van der Waals surface area contributed by atoms with Crippen molar-refractivity contribution < 1.29 is 28.2 Å². The predicted octanol–water partition coefficient (Wildman–Crippen LogP) is 1.50. The van der Waals surface area contributed by atoms with Crippen LogP contribution in [0, 0.1) is 5.92 Å². The Morgan fingerprint density at radius 1 is 1.14 bits per heavy atom. The van der Waals surface area contributed by atoms with E-state index in [1.54, 1.807) is 6.07 Å². The summed E-state index contributed by atoms with van der Waals surface area (Å²) < 4.78 is 23.4. The summed E-state index contributed by atoms with van der Waals surface area (Å²) in [5, 5.41) is 18.8. The lowest BCUT2D eigenvalue weighted by Gasteiger charge is -2.34. The van der Waals surface area contributed by atoms with Crippen LogP contribution in [0.5, 0.6) is 0 Å². The summed E-state index contributed by atoms with van der Waals surface area (Å²) in [6.07, 6.45) is 3.42. The molecule has 2 N–H and O–H groups in total. The second-order valence-electron chi connectivity index (χ2n) is 4.92. The number of hydrogen-bond acceptors (Lipinski definition) is 4. The predicted molar refractivity (Wildman–Crippen MR) is 78.0 cm³/mol. The van der Waals surface area contributed by atoms with Gasteiger partial charge in [-0.25, -0.2) is 13.2 Å². The average molecular weight is 322 g/mol. The zero-order chi connectivity index (χ0) is 16.5. The lowest BCUT2D eigenvalue weighted by Crippen LogP contribution is -2.52.